The van der Waals surface area contributed by atoms with E-state index in [0.717, 1.165) is 10.6 Å². The van der Waals surface area contributed by atoms with Gasteiger partial charge in [-0.15, -0.1) is 0 Å². The number of hydrogen-bond acceptors (Lipinski definition) is 6. The van der Waals surface area contributed by atoms with E-state index in [0.29, 0.717) is 11.3 Å². The molecule has 0 radical (unpaired) electrons. The molecule has 8 nitrogen and oxygen atoms in total. The monoisotopic (exact) mass is 335 g/mol. The molecule has 0 bridgehead atoms. The highest BCUT2D eigenvalue weighted by Crippen LogP contribution is 2.13. The molecule has 0 spiro atoms. The van der Waals surface area contributed by atoms with Crippen molar-refractivity contribution < 1.29 is 21.6 Å². The smallest absolute Gasteiger partial charge is 0.232 e. The molecule has 4 N–H and O–H groups in total. The third-order valence-electron chi connectivity index (χ3n) is 2.40. The summed E-state index contributed by atoms with van der Waals surface area (Å²) in [5.74, 6) is -0.879. The minimum Gasteiger partial charge on any atom is -0.399 e. The number of rotatable bonds is 7. The van der Waals surface area contributed by atoms with Gasteiger partial charge in [-0.05, 0) is 17.7 Å². The summed E-state index contributed by atoms with van der Waals surface area (Å²) in [4.78, 5) is 11.0. The number of anilines is 1. The van der Waals surface area contributed by atoms with Crippen LogP contribution in [-0.4, -0.2) is 44.9 Å². The van der Waals surface area contributed by atoms with E-state index in [2.05, 4.69) is 0 Å². The minimum absolute atomic E-state index is 0.189. The van der Waals surface area contributed by atoms with Gasteiger partial charge in [0.1, 0.15) is 0 Å². The van der Waals surface area contributed by atoms with Gasteiger partial charge >= 0.3 is 0 Å². The van der Waals surface area contributed by atoms with Gasteiger partial charge in [-0.1, -0.05) is 12.1 Å². The first-order chi connectivity index (χ1) is 9.49. The Morgan fingerprint density at radius 1 is 1.24 bits per heavy atom. The summed E-state index contributed by atoms with van der Waals surface area (Å²) in [5, 5.41) is -1.09. The Labute approximate surface area is 123 Å². The number of amides is 1. The number of carbonyl (C=O) groups excluding carboxylic acids is 1. The molecule has 1 aromatic rings. The Balaban J connectivity index is 3.08. The fourth-order valence-electron chi connectivity index (χ4n) is 1.67. The van der Waals surface area contributed by atoms with Gasteiger partial charge in [-0.2, -0.15) is 4.31 Å². The number of primary amides is 1. The maximum Gasteiger partial charge on any atom is 0.232 e. The second-order valence-electron chi connectivity index (χ2n) is 4.63. The minimum atomic E-state index is -4.18. The first-order valence-corrected chi connectivity index (χ1v) is 9.45. The quantitative estimate of drug-likeness (QED) is 0.605. The van der Waals surface area contributed by atoms with Crippen LogP contribution in [0.15, 0.2) is 24.3 Å². The Morgan fingerprint density at radius 2 is 1.86 bits per heavy atom. The number of nitrogens with two attached hydrogens (primary N) is 2. The lowest BCUT2D eigenvalue weighted by Gasteiger charge is -2.20. The van der Waals surface area contributed by atoms with Crippen molar-refractivity contribution in [3.63, 3.8) is 0 Å². The summed E-state index contributed by atoms with van der Waals surface area (Å²) in [6, 6.07) is 6.38. The number of sulfone groups is 1. The van der Waals surface area contributed by atoms with Crippen molar-refractivity contribution >= 4 is 31.5 Å². The van der Waals surface area contributed by atoms with Crippen molar-refractivity contribution in [3.05, 3.63) is 29.8 Å². The molecular formula is C11H17N3O5S2. The van der Waals surface area contributed by atoms with E-state index in [9.17, 15) is 21.6 Å². The molecule has 0 aromatic heterocycles. The molecule has 1 amide bonds. The number of nitrogens with zero attached hydrogens (tertiary/aromatic N) is 1. The Kier molecular flexibility index (Phi) is 5.31. The summed E-state index contributed by atoms with van der Waals surface area (Å²) in [5.41, 5.74) is 11.6. The maximum atomic E-state index is 12.1. The van der Waals surface area contributed by atoms with Crippen molar-refractivity contribution in [1.29, 1.82) is 0 Å². The van der Waals surface area contributed by atoms with E-state index in [1.165, 1.54) is 6.07 Å². The molecule has 0 aliphatic heterocycles. The second-order valence-corrected chi connectivity index (χ2v) is 9.11. The van der Waals surface area contributed by atoms with Gasteiger partial charge < -0.3 is 11.5 Å². The van der Waals surface area contributed by atoms with Crippen LogP contribution in [0.2, 0.25) is 0 Å². The van der Waals surface area contributed by atoms with Gasteiger partial charge in [-0.25, -0.2) is 16.8 Å². The summed E-state index contributed by atoms with van der Waals surface area (Å²) >= 11 is 0. The lowest BCUT2D eigenvalue weighted by atomic mass is 10.2. The van der Waals surface area contributed by atoms with Crippen LogP contribution in [0, 0.1) is 0 Å². The molecule has 0 heterocycles. The SMILES string of the molecule is CS(=O)(=O)CS(=O)(=O)N(CC(N)=O)Cc1cccc(N)c1. The van der Waals surface area contributed by atoms with Crippen LogP contribution in [0.4, 0.5) is 5.69 Å². The average molecular weight is 335 g/mol. The second kappa shape index (κ2) is 6.41. The third-order valence-corrected chi connectivity index (χ3v) is 6.35. The molecule has 1 aromatic carbocycles. The zero-order valence-corrected chi connectivity index (χ0v) is 13.0. The summed E-state index contributed by atoms with van der Waals surface area (Å²) in [7, 11) is -7.95. The lowest BCUT2D eigenvalue weighted by molar-refractivity contribution is -0.118. The topological polar surface area (TPSA) is 141 Å². The van der Waals surface area contributed by atoms with Gasteiger partial charge in [0.15, 0.2) is 14.9 Å². The third kappa shape index (κ3) is 6.10. The fraction of sp³-hybridized carbons (Fsp3) is 0.364. The van der Waals surface area contributed by atoms with Crippen molar-refractivity contribution in [2.75, 3.05) is 23.6 Å². The van der Waals surface area contributed by atoms with E-state index in [1.54, 1.807) is 18.2 Å². The van der Waals surface area contributed by atoms with Crippen molar-refractivity contribution in [2.24, 2.45) is 5.73 Å². The number of benzene rings is 1. The van der Waals surface area contributed by atoms with Crippen LogP contribution in [0.3, 0.4) is 0 Å². The van der Waals surface area contributed by atoms with Gasteiger partial charge in [0, 0.05) is 18.5 Å². The van der Waals surface area contributed by atoms with Crippen molar-refractivity contribution in [2.45, 2.75) is 6.54 Å². The zero-order valence-electron chi connectivity index (χ0n) is 11.4. The van der Waals surface area contributed by atoms with Gasteiger partial charge in [0.25, 0.3) is 0 Å². The average Bonchev–Trinajstić information content (AvgIpc) is 2.24. The van der Waals surface area contributed by atoms with Crippen molar-refractivity contribution in [3.8, 4) is 0 Å². The molecule has 0 fully saturated rings. The highest BCUT2D eigenvalue weighted by atomic mass is 32.3. The molecule has 21 heavy (non-hydrogen) atoms. The maximum absolute atomic E-state index is 12.1. The Morgan fingerprint density at radius 3 is 2.33 bits per heavy atom. The number of nitrogen functional groups attached to an aromatic ring is 1. The number of hydrogen-bond donors (Lipinski definition) is 2. The predicted molar refractivity (Wildman–Crippen MR) is 79.1 cm³/mol. The van der Waals surface area contributed by atoms with Crippen LogP contribution in [0.5, 0.6) is 0 Å². The molecule has 10 heteroatoms. The fourth-order valence-corrected chi connectivity index (χ4v) is 5.10. The van der Waals surface area contributed by atoms with E-state index in [-0.39, 0.29) is 6.54 Å². The van der Waals surface area contributed by atoms with Crippen LogP contribution >= 0.6 is 0 Å². The first-order valence-electron chi connectivity index (χ1n) is 5.78. The molecule has 0 saturated carbocycles. The molecular weight excluding hydrogens is 318 g/mol. The van der Waals surface area contributed by atoms with Gasteiger partial charge in [0.2, 0.25) is 15.9 Å². The zero-order chi connectivity index (χ0) is 16.3. The van der Waals surface area contributed by atoms with E-state index < -0.39 is 37.4 Å². The molecule has 0 atom stereocenters. The lowest BCUT2D eigenvalue weighted by Crippen LogP contribution is -2.40. The molecule has 0 saturated heterocycles. The van der Waals surface area contributed by atoms with Crippen LogP contribution in [-0.2, 0) is 31.2 Å². The highest BCUT2D eigenvalue weighted by Gasteiger charge is 2.28. The molecule has 0 aliphatic carbocycles. The van der Waals surface area contributed by atoms with Crippen molar-refractivity contribution in [1.82, 2.24) is 4.31 Å². The van der Waals surface area contributed by atoms with E-state index in [1.807, 2.05) is 0 Å². The largest absolute Gasteiger partial charge is 0.399 e. The number of sulfonamides is 1. The first kappa shape index (κ1) is 17.4. The predicted octanol–water partition coefficient (Wildman–Crippen LogP) is -1.11. The standard InChI is InChI=1S/C11H17N3O5S2/c1-20(16,17)8-21(18,19)14(7-11(13)15)6-9-3-2-4-10(12)5-9/h2-5H,6-8,12H2,1H3,(H2,13,15). The summed E-state index contributed by atoms with van der Waals surface area (Å²) in [6.45, 7) is -0.793. The van der Waals surface area contributed by atoms with Gasteiger partial charge in [0.05, 0.1) is 6.54 Å². The summed E-state index contributed by atoms with van der Waals surface area (Å²) < 4.78 is 47.3. The number of carbonyl (C=O) groups is 1. The molecule has 1 rings (SSSR count). The van der Waals surface area contributed by atoms with Crippen LogP contribution in [0.1, 0.15) is 5.56 Å². The molecule has 118 valence electrons. The highest BCUT2D eigenvalue weighted by molar-refractivity contribution is 8.06. The normalized spacial score (nSPS) is 12.5. The molecule has 0 aliphatic rings. The van der Waals surface area contributed by atoms with Gasteiger partial charge in [-0.3, -0.25) is 4.79 Å². The summed E-state index contributed by atoms with van der Waals surface area (Å²) in [6.07, 6.45) is 0.799. The van der Waals surface area contributed by atoms with E-state index >= 15 is 0 Å². The Bertz CT molecular complexity index is 728. The molecule has 0 unspecified atom stereocenters. The van der Waals surface area contributed by atoms with Crippen LogP contribution in [0.25, 0.3) is 0 Å². The Hall–Kier alpha value is -1.65. The van der Waals surface area contributed by atoms with E-state index in [4.69, 9.17) is 11.5 Å². The van der Waals surface area contributed by atoms with Crippen LogP contribution < -0.4 is 11.5 Å².